The Labute approximate surface area is 135 Å². The Bertz CT molecular complexity index is 709. The van der Waals surface area contributed by atoms with Crippen molar-refractivity contribution in [3.63, 3.8) is 0 Å². The fourth-order valence-electron chi connectivity index (χ4n) is 2.90. The van der Waals surface area contributed by atoms with Gasteiger partial charge in [-0.2, -0.15) is 0 Å². The lowest BCUT2D eigenvalue weighted by atomic mass is 10.1. The van der Waals surface area contributed by atoms with Gasteiger partial charge in [0.15, 0.2) is 5.82 Å². The fourth-order valence-corrected chi connectivity index (χ4v) is 2.90. The Balaban J connectivity index is 1.69. The minimum atomic E-state index is -0.130. The summed E-state index contributed by atoms with van der Waals surface area (Å²) in [4.78, 5) is 12.3. The molecular formula is C17H22N4O2. The minimum Gasteiger partial charge on any atom is -0.496 e. The molecule has 0 spiro atoms. The number of methoxy groups -OCH3 is 1. The number of aryl methyl sites for hydroxylation is 2. The lowest BCUT2D eigenvalue weighted by molar-refractivity contribution is 0.0949. The van der Waals surface area contributed by atoms with Gasteiger partial charge in [-0.15, -0.1) is 10.2 Å². The van der Waals surface area contributed by atoms with Gasteiger partial charge in [-0.3, -0.25) is 4.79 Å². The number of ether oxygens (including phenoxy) is 1. The number of amides is 1. The fraction of sp³-hybridized carbons (Fsp3) is 0.471. The number of nitrogens with one attached hydrogen (secondary N) is 1. The number of carbonyl (C=O) groups excluding carboxylic acids is 1. The second-order valence-corrected chi connectivity index (χ2v) is 5.86. The third-order valence-electron chi connectivity index (χ3n) is 4.26. The summed E-state index contributed by atoms with van der Waals surface area (Å²) in [5, 5.41) is 11.4. The van der Waals surface area contributed by atoms with E-state index in [0.717, 1.165) is 43.0 Å². The average molecular weight is 314 g/mol. The van der Waals surface area contributed by atoms with Gasteiger partial charge < -0.3 is 14.6 Å². The highest BCUT2D eigenvalue weighted by Gasteiger charge is 2.15. The highest BCUT2D eigenvalue weighted by atomic mass is 16.5. The van der Waals surface area contributed by atoms with E-state index >= 15 is 0 Å². The van der Waals surface area contributed by atoms with Crippen LogP contribution in [0.25, 0.3) is 0 Å². The largest absolute Gasteiger partial charge is 0.496 e. The van der Waals surface area contributed by atoms with E-state index in [1.807, 2.05) is 13.0 Å². The molecule has 1 amide bonds. The number of aromatic nitrogens is 3. The second kappa shape index (κ2) is 6.81. The van der Waals surface area contributed by atoms with E-state index < -0.39 is 0 Å². The summed E-state index contributed by atoms with van der Waals surface area (Å²) in [7, 11) is 1.61. The third kappa shape index (κ3) is 3.36. The van der Waals surface area contributed by atoms with E-state index in [1.165, 1.54) is 6.42 Å². The number of rotatable bonds is 4. The maximum Gasteiger partial charge on any atom is 0.251 e. The maximum atomic E-state index is 12.3. The molecule has 0 aliphatic carbocycles. The van der Waals surface area contributed by atoms with E-state index in [1.54, 1.807) is 19.2 Å². The Morgan fingerprint density at radius 2 is 2.17 bits per heavy atom. The second-order valence-electron chi connectivity index (χ2n) is 5.86. The zero-order valence-electron chi connectivity index (χ0n) is 13.6. The molecule has 6 heteroatoms. The van der Waals surface area contributed by atoms with Crippen LogP contribution >= 0.6 is 0 Å². The van der Waals surface area contributed by atoms with E-state index in [2.05, 4.69) is 20.1 Å². The van der Waals surface area contributed by atoms with E-state index in [9.17, 15) is 4.79 Å². The first-order chi connectivity index (χ1) is 11.2. The molecule has 0 unspecified atom stereocenters. The number of carbonyl (C=O) groups is 1. The molecule has 1 N–H and O–H groups in total. The molecule has 2 aromatic rings. The van der Waals surface area contributed by atoms with Gasteiger partial charge in [-0.25, -0.2) is 0 Å². The molecule has 0 saturated heterocycles. The molecule has 1 aromatic heterocycles. The van der Waals surface area contributed by atoms with Crippen molar-refractivity contribution >= 4 is 5.91 Å². The summed E-state index contributed by atoms with van der Waals surface area (Å²) in [6.45, 7) is 3.28. The summed E-state index contributed by atoms with van der Waals surface area (Å²) in [5.74, 6) is 2.45. The average Bonchev–Trinajstić information content (AvgIpc) is 2.79. The van der Waals surface area contributed by atoms with E-state index in [4.69, 9.17) is 4.74 Å². The van der Waals surface area contributed by atoms with Gasteiger partial charge in [0.1, 0.15) is 11.6 Å². The normalized spacial score (nSPS) is 14.0. The first kappa shape index (κ1) is 15.5. The van der Waals surface area contributed by atoms with Gasteiger partial charge in [0.05, 0.1) is 13.7 Å². The van der Waals surface area contributed by atoms with Crippen LogP contribution in [-0.2, 0) is 19.5 Å². The third-order valence-corrected chi connectivity index (χ3v) is 4.26. The molecule has 1 aromatic carbocycles. The predicted octanol–water partition coefficient (Wildman–Crippen LogP) is 2.25. The maximum absolute atomic E-state index is 12.3. The molecule has 0 atom stereocenters. The van der Waals surface area contributed by atoms with Crippen LogP contribution in [0, 0.1) is 6.92 Å². The quantitative estimate of drug-likeness (QED) is 0.940. The van der Waals surface area contributed by atoms with Crippen molar-refractivity contribution in [3.05, 3.63) is 41.0 Å². The molecule has 0 saturated carbocycles. The molecular weight excluding hydrogens is 292 g/mol. The Morgan fingerprint density at radius 3 is 3.00 bits per heavy atom. The molecule has 122 valence electrons. The van der Waals surface area contributed by atoms with Gasteiger partial charge in [0.2, 0.25) is 0 Å². The van der Waals surface area contributed by atoms with Gasteiger partial charge in [0.25, 0.3) is 5.91 Å². The molecule has 6 nitrogen and oxygen atoms in total. The van der Waals surface area contributed by atoms with Crippen LogP contribution < -0.4 is 10.1 Å². The Hall–Kier alpha value is -2.37. The van der Waals surface area contributed by atoms with Crippen LogP contribution in [0.2, 0.25) is 0 Å². The summed E-state index contributed by atoms with van der Waals surface area (Å²) in [6.07, 6.45) is 4.49. The standard InChI is InChI=1S/C17H22N4O2/c1-12-7-8-13(10-14(12)23-2)17(22)18-11-16-20-19-15-6-4-3-5-9-21(15)16/h7-8,10H,3-6,9,11H2,1-2H3,(H,18,22). The lowest BCUT2D eigenvalue weighted by Crippen LogP contribution is -2.25. The highest BCUT2D eigenvalue weighted by molar-refractivity contribution is 5.94. The summed E-state index contributed by atoms with van der Waals surface area (Å²) < 4.78 is 7.41. The minimum absolute atomic E-state index is 0.130. The Kier molecular flexibility index (Phi) is 4.60. The molecule has 3 rings (SSSR count). The van der Waals surface area contributed by atoms with E-state index in [0.29, 0.717) is 17.9 Å². The Morgan fingerprint density at radius 1 is 1.30 bits per heavy atom. The molecule has 0 bridgehead atoms. The zero-order chi connectivity index (χ0) is 16.2. The first-order valence-corrected chi connectivity index (χ1v) is 8.03. The number of benzene rings is 1. The summed E-state index contributed by atoms with van der Waals surface area (Å²) in [6, 6.07) is 5.45. The zero-order valence-corrected chi connectivity index (χ0v) is 13.6. The van der Waals surface area contributed by atoms with Crippen molar-refractivity contribution in [1.82, 2.24) is 20.1 Å². The van der Waals surface area contributed by atoms with E-state index in [-0.39, 0.29) is 5.91 Å². The SMILES string of the molecule is COc1cc(C(=O)NCc2nnc3n2CCCCC3)ccc1C. The number of nitrogens with zero attached hydrogens (tertiary/aromatic N) is 3. The van der Waals surface area contributed by atoms with Crippen molar-refractivity contribution in [3.8, 4) is 5.75 Å². The van der Waals surface area contributed by atoms with Crippen molar-refractivity contribution in [2.24, 2.45) is 0 Å². The predicted molar refractivity (Wildman–Crippen MR) is 86.5 cm³/mol. The van der Waals surface area contributed by atoms with Crippen LogP contribution in [-0.4, -0.2) is 27.8 Å². The molecule has 0 radical (unpaired) electrons. The molecule has 1 aliphatic heterocycles. The van der Waals surface area contributed by atoms with Gasteiger partial charge >= 0.3 is 0 Å². The van der Waals surface area contributed by atoms with Crippen LogP contribution in [0.4, 0.5) is 0 Å². The summed E-state index contributed by atoms with van der Waals surface area (Å²) in [5.41, 5.74) is 1.59. The smallest absolute Gasteiger partial charge is 0.251 e. The molecule has 2 heterocycles. The highest BCUT2D eigenvalue weighted by Crippen LogP contribution is 2.19. The van der Waals surface area contributed by atoms with Crippen molar-refractivity contribution in [2.75, 3.05) is 7.11 Å². The van der Waals surface area contributed by atoms with Crippen molar-refractivity contribution in [2.45, 2.75) is 45.7 Å². The van der Waals surface area contributed by atoms with Crippen LogP contribution in [0.1, 0.15) is 46.8 Å². The van der Waals surface area contributed by atoms with Crippen LogP contribution in [0.5, 0.6) is 5.75 Å². The molecule has 0 fully saturated rings. The monoisotopic (exact) mass is 314 g/mol. The topological polar surface area (TPSA) is 69.0 Å². The van der Waals surface area contributed by atoms with Gasteiger partial charge in [0, 0.05) is 18.5 Å². The van der Waals surface area contributed by atoms with Gasteiger partial charge in [-0.1, -0.05) is 12.5 Å². The molecule has 23 heavy (non-hydrogen) atoms. The van der Waals surface area contributed by atoms with Crippen LogP contribution in [0.3, 0.4) is 0 Å². The van der Waals surface area contributed by atoms with Gasteiger partial charge in [-0.05, 0) is 37.5 Å². The number of fused-ring (bicyclic) bond motifs is 1. The van der Waals surface area contributed by atoms with Crippen molar-refractivity contribution in [1.29, 1.82) is 0 Å². The lowest BCUT2D eigenvalue weighted by Gasteiger charge is -2.10. The van der Waals surface area contributed by atoms with Crippen molar-refractivity contribution < 1.29 is 9.53 Å². The van der Waals surface area contributed by atoms with Crippen LogP contribution in [0.15, 0.2) is 18.2 Å². The molecule has 1 aliphatic rings. The first-order valence-electron chi connectivity index (χ1n) is 8.03. The number of hydrogen-bond donors (Lipinski definition) is 1. The summed E-state index contributed by atoms with van der Waals surface area (Å²) >= 11 is 0. The number of hydrogen-bond acceptors (Lipinski definition) is 4.